The van der Waals surface area contributed by atoms with Gasteiger partial charge in [0.1, 0.15) is 5.75 Å². The third kappa shape index (κ3) is 4.09. The standard InChI is InChI=1S/C25H33NO2/c1-17(2)20-12-8-9-13-21(20)22-16-18(25(3,4)24(27)26-5)14-15-23(22)28-19-10-6-7-11-19/h8-9,12-17,19H,6-7,10-11H2,1-5H3,(H,26,27). The van der Waals surface area contributed by atoms with Crippen LogP contribution >= 0.6 is 0 Å². The van der Waals surface area contributed by atoms with Crippen LogP contribution in [-0.2, 0) is 10.2 Å². The van der Waals surface area contributed by atoms with Crippen LogP contribution in [0.2, 0.25) is 0 Å². The zero-order valence-electron chi connectivity index (χ0n) is 17.8. The van der Waals surface area contributed by atoms with Gasteiger partial charge in [0, 0.05) is 12.6 Å². The second-order valence-electron chi connectivity index (χ2n) is 8.68. The van der Waals surface area contributed by atoms with E-state index in [0.29, 0.717) is 12.0 Å². The van der Waals surface area contributed by atoms with Crippen molar-refractivity contribution in [3.05, 3.63) is 53.6 Å². The molecule has 0 aliphatic heterocycles. The van der Waals surface area contributed by atoms with Crippen LogP contribution in [0.25, 0.3) is 11.1 Å². The number of likely N-dealkylation sites (N-methyl/N-ethyl adjacent to an activating group) is 1. The van der Waals surface area contributed by atoms with Crippen molar-refractivity contribution in [1.29, 1.82) is 0 Å². The number of hydrogen-bond acceptors (Lipinski definition) is 2. The summed E-state index contributed by atoms with van der Waals surface area (Å²) in [6, 6.07) is 14.8. The molecule has 28 heavy (non-hydrogen) atoms. The highest BCUT2D eigenvalue weighted by Gasteiger charge is 2.30. The highest BCUT2D eigenvalue weighted by molar-refractivity contribution is 5.88. The minimum absolute atomic E-state index is 0.0139. The number of ether oxygens (including phenoxy) is 1. The summed E-state index contributed by atoms with van der Waals surface area (Å²) >= 11 is 0. The number of carbonyl (C=O) groups is 1. The monoisotopic (exact) mass is 379 g/mol. The SMILES string of the molecule is CNC(=O)C(C)(C)c1ccc(OC2CCCC2)c(-c2ccccc2C(C)C)c1. The zero-order valence-corrected chi connectivity index (χ0v) is 17.8. The van der Waals surface area contributed by atoms with Crippen molar-refractivity contribution < 1.29 is 9.53 Å². The Bertz CT molecular complexity index is 832. The summed E-state index contributed by atoms with van der Waals surface area (Å²) in [6.07, 6.45) is 5.02. The Labute approximate surface area is 169 Å². The Hall–Kier alpha value is -2.29. The lowest BCUT2D eigenvalue weighted by atomic mass is 9.81. The molecule has 3 rings (SSSR count). The van der Waals surface area contributed by atoms with Gasteiger partial charge in [0.15, 0.2) is 0 Å². The molecule has 1 saturated carbocycles. The molecule has 3 nitrogen and oxygen atoms in total. The highest BCUT2D eigenvalue weighted by Crippen LogP contribution is 2.40. The summed E-state index contributed by atoms with van der Waals surface area (Å²) in [4.78, 5) is 12.5. The second-order valence-corrected chi connectivity index (χ2v) is 8.68. The van der Waals surface area contributed by atoms with Gasteiger partial charge in [0.2, 0.25) is 5.91 Å². The molecule has 0 spiro atoms. The lowest BCUT2D eigenvalue weighted by Crippen LogP contribution is -2.38. The molecule has 1 aliphatic carbocycles. The van der Waals surface area contributed by atoms with E-state index in [4.69, 9.17) is 4.74 Å². The van der Waals surface area contributed by atoms with Crippen molar-refractivity contribution in [2.45, 2.75) is 70.8 Å². The third-order valence-electron chi connectivity index (χ3n) is 5.96. The fourth-order valence-electron chi connectivity index (χ4n) is 4.11. The molecule has 0 unspecified atom stereocenters. The van der Waals surface area contributed by atoms with Crippen molar-refractivity contribution in [1.82, 2.24) is 5.32 Å². The topological polar surface area (TPSA) is 38.3 Å². The van der Waals surface area contributed by atoms with Crippen molar-refractivity contribution in [3.8, 4) is 16.9 Å². The van der Waals surface area contributed by atoms with Crippen LogP contribution in [0, 0.1) is 0 Å². The van der Waals surface area contributed by atoms with E-state index < -0.39 is 5.41 Å². The lowest BCUT2D eigenvalue weighted by Gasteiger charge is -2.26. The molecule has 1 aliphatic rings. The average molecular weight is 380 g/mol. The van der Waals surface area contributed by atoms with E-state index in [2.05, 4.69) is 55.6 Å². The summed E-state index contributed by atoms with van der Waals surface area (Å²) in [5.41, 5.74) is 3.97. The number of benzene rings is 2. The molecular weight excluding hydrogens is 346 g/mol. The van der Waals surface area contributed by atoms with Gasteiger partial charge in [-0.05, 0) is 74.3 Å². The van der Waals surface area contributed by atoms with Crippen LogP contribution in [0.1, 0.15) is 70.4 Å². The minimum Gasteiger partial charge on any atom is -0.490 e. The molecule has 3 heteroatoms. The first-order valence-corrected chi connectivity index (χ1v) is 10.5. The van der Waals surface area contributed by atoms with Crippen molar-refractivity contribution in [3.63, 3.8) is 0 Å². The van der Waals surface area contributed by atoms with Crippen LogP contribution in [-0.4, -0.2) is 19.1 Å². The van der Waals surface area contributed by atoms with E-state index in [-0.39, 0.29) is 5.91 Å². The Morgan fingerprint density at radius 1 is 1.07 bits per heavy atom. The Morgan fingerprint density at radius 2 is 1.75 bits per heavy atom. The summed E-state index contributed by atoms with van der Waals surface area (Å²) in [5.74, 6) is 1.35. The Kier molecular flexibility index (Phi) is 6.12. The van der Waals surface area contributed by atoms with Crippen LogP contribution in [0.5, 0.6) is 5.75 Å². The normalized spacial score (nSPS) is 15.1. The van der Waals surface area contributed by atoms with Crippen LogP contribution < -0.4 is 10.1 Å². The van der Waals surface area contributed by atoms with Crippen LogP contribution in [0.4, 0.5) is 0 Å². The quantitative estimate of drug-likeness (QED) is 0.686. The van der Waals surface area contributed by atoms with Gasteiger partial charge in [-0.3, -0.25) is 4.79 Å². The predicted molar refractivity (Wildman–Crippen MR) is 116 cm³/mol. The molecule has 0 radical (unpaired) electrons. The fraction of sp³-hybridized carbons (Fsp3) is 0.480. The maximum atomic E-state index is 12.5. The van der Waals surface area contributed by atoms with E-state index in [1.54, 1.807) is 7.05 Å². The third-order valence-corrected chi connectivity index (χ3v) is 5.96. The van der Waals surface area contributed by atoms with Gasteiger partial charge in [0.25, 0.3) is 0 Å². The van der Waals surface area contributed by atoms with Crippen molar-refractivity contribution in [2.75, 3.05) is 7.05 Å². The van der Waals surface area contributed by atoms with Crippen molar-refractivity contribution in [2.24, 2.45) is 0 Å². The maximum Gasteiger partial charge on any atom is 0.229 e. The van der Waals surface area contributed by atoms with Crippen molar-refractivity contribution >= 4 is 5.91 Å². The van der Waals surface area contributed by atoms with E-state index in [0.717, 1.165) is 29.7 Å². The fourth-order valence-corrected chi connectivity index (χ4v) is 4.11. The molecule has 0 saturated heterocycles. The van der Waals surface area contributed by atoms with E-state index >= 15 is 0 Å². The van der Waals surface area contributed by atoms with Gasteiger partial charge in [0.05, 0.1) is 11.5 Å². The molecule has 1 N–H and O–H groups in total. The highest BCUT2D eigenvalue weighted by atomic mass is 16.5. The van der Waals surface area contributed by atoms with Gasteiger partial charge >= 0.3 is 0 Å². The van der Waals surface area contributed by atoms with E-state index in [1.807, 2.05) is 19.9 Å². The van der Waals surface area contributed by atoms with Gasteiger partial charge < -0.3 is 10.1 Å². The number of carbonyl (C=O) groups excluding carboxylic acids is 1. The smallest absolute Gasteiger partial charge is 0.229 e. The van der Waals surface area contributed by atoms with Crippen LogP contribution in [0.15, 0.2) is 42.5 Å². The predicted octanol–water partition coefficient (Wildman–Crippen LogP) is 5.82. The summed E-state index contributed by atoms with van der Waals surface area (Å²) in [6.45, 7) is 8.37. The molecule has 0 heterocycles. The number of amides is 1. The molecule has 2 aromatic carbocycles. The Morgan fingerprint density at radius 3 is 2.39 bits per heavy atom. The molecule has 2 aromatic rings. The molecular formula is C25H33NO2. The van der Waals surface area contributed by atoms with E-state index in [9.17, 15) is 4.79 Å². The average Bonchev–Trinajstić information content (AvgIpc) is 3.20. The summed E-state index contributed by atoms with van der Waals surface area (Å²) in [5, 5.41) is 2.80. The molecule has 0 aromatic heterocycles. The van der Waals surface area contributed by atoms with Gasteiger partial charge in [-0.2, -0.15) is 0 Å². The number of hydrogen-bond donors (Lipinski definition) is 1. The Balaban J connectivity index is 2.13. The van der Waals surface area contributed by atoms with E-state index in [1.165, 1.54) is 24.0 Å². The molecule has 1 amide bonds. The van der Waals surface area contributed by atoms with Gasteiger partial charge in [-0.25, -0.2) is 0 Å². The van der Waals surface area contributed by atoms with Gasteiger partial charge in [-0.1, -0.05) is 44.2 Å². The first-order chi connectivity index (χ1) is 13.3. The first-order valence-electron chi connectivity index (χ1n) is 10.5. The molecule has 0 bridgehead atoms. The van der Waals surface area contributed by atoms with Gasteiger partial charge in [-0.15, -0.1) is 0 Å². The largest absolute Gasteiger partial charge is 0.490 e. The molecule has 1 fully saturated rings. The zero-order chi connectivity index (χ0) is 20.3. The first kappa shape index (κ1) is 20.4. The second kappa shape index (κ2) is 8.38. The number of rotatable bonds is 6. The summed E-state index contributed by atoms with van der Waals surface area (Å²) < 4.78 is 6.45. The maximum absolute atomic E-state index is 12.5. The number of nitrogens with one attached hydrogen (secondary N) is 1. The summed E-state index contributed by atoms with van der Waals surface area (Å²) in [7, 11) is 1.69. The lowest BCUT2D eigenvalue weighted by molar-refractivity contribution is -0.125. The molecule has 150 valence electrons. The molecule has 0 atom stereocenters. The minimum atomic E-state index is -0.609. The van der Waals surface area contributed by atoms with Crippen LogP contribution in [0.3, 0.4) is 0 Å².